The van der Waals surface area contributed by atoms with Crippen LogP contribution in [0.3, 0.4) is 0 Å². The van der Waals surface area contributed by atoms with Crippen LogP contribution in [-0.2, 0) is 6.54 Å². The van der Waals surface area contributed by atoms with E-state index in [1.807, 2.05) is 16.6 Å². The Morgan fingerprint density at radius 3 is 3.17 bits per heavy atom. The van der Waals surface area contributed by atoms with Gasteiger partial charge in [-0.05, 0) is 15.2 Å². The van der Waals surface area contributed by atoms with Crippen LogP contribution in [-0.4, -0.2) is 21.6 Å². The maximum Gasteiger partial charge on any atom is 0.179 e. The van der Waals surface area contributed by atoms with Gasteiger partial charge in [0.25, 0.3) is 0 Å². The number of aromatic nitrogens is 1. The van der Waals surface area contributed by atoms with Crippen molar-refractivity contribution in [1.82, 2.24) is 9.29 Å². The number of hydrogen-bond acceptors (Lipinski definition) is 3. The Kier molecular flexibility index (Phi) is 2.42. The molecule has 0 saturated heterocycles. The SMILES string of the molecule is O=C1CN(SI)Cc2[nH]ccc21. The van der Waals surface area contributed by atoms with Crippen LogP contribution < -0.4 is 0 Å². The number of rotatable bonds is 1. The molecule has 3 nitrogen and oxygen atoms in total. The lowest BCUT2D eigenvalue weighted by molar-refractivity contribution is 0.0955. The van der Waals surface area contributed by atoms with E-state index in [9.17, 15) is 4.79 Å². The minimum atomic E-state index is 0.210. The van der Waals surface area contributed by atoms with Crippen molar-refractivity contribution in [2.24, 2.45) is 0 Å². The molecule has 0 saturated carbocycles. The van der Waals surface area contributed by atoms with Gasteiger partial charge in [0.15, 0.2) is 5.78 Å². The van der Waals surface area contributed by atoms with Gasteiger partial charge >= 0.3 is 0 Å². The lowest BCUT2D eigenvalue weighted by Crippen LogP contribution is -2.28. The number of H-pyrrole nitrogens is 1. The zero-order chi connectivity index (χ0) is 8.55. The van der Waals surface area contributed by atoms with Gasteiger partial charge in [-0.2, -0.15) is 0 Å². The minimum absolute atomic E-state index is 0.210. The molecule has 1 aliphatic rings. The Morgan fingerprint density at radius 2 is 2.42 bits per heavy atom. The third-order valence-corrected chi connectivity index (χ3v) is 4.01. The summed E-state index contributed by atoms with van der Waals surface area (Å²) < 4.78 is 2.03. The van der Waals surface area contributed by atoms with Crippen molar-refractivity contribution < 1.29 is 4.79 Å². The average Bonchev–Trinajstić information content (AvgIpc) is 2.52. The number of carbonyl (C=O) groups excluding carboxylic acids is 1. The van der Waals surface area contributed by atoms with E-state index in [0.717, 1.165) is 17.8 Å². The lowest BCUT2D eigenvalue weighted by Gasteiger charge is -2.21. The fourth-order valence-electron chi connectivity index (χ4n) is 1.32. The number of nitrogens with one attached hydrogen (secondary N) is 1. The predicted molar refractivity (Wildman–Crippen MR) is 57.1 cm³/mol. The first-order valence-corrected chi connectivity index (χ1v) is 6.86. The third-order valence-electron chi connectivity index (χ3n) is 1.89. The number of Topliss-reactive ketones (excluding diaryl/α,β-unsaturated/α-hetero) is 1. The van der Waals surface area contributed by atoms with Crippen LogP contribution >= 0.6 is 30.3 Å². The molecular weight excluding hydrogens is 287 g/mol. The molecule has 1 aromatic rings. The summed E-state index contributed by atoms with van der Waals surface area (Å²) in [5.41, 5.74) is 1.90. The Hall–Kier alpha value is -0.0100. The molecule has 64 valence electrons. The Labute approximate surface area is 86.6 Å². The van der Waals surface area contributed by atoms with E-state index in [2.05, 4.69) is 26.2 Å². The predicted octanol–water partition coefficient (Wildman–Crippen LogP) is 2.01. The van der Waals surface area contributed by atoms with E-state index in [0.29, 0.717) is 6.54 Å². The van der Waals surface area contributed by atoms with Gasteiger partial charge in [-0.1, -0.05) is 0 Å². The summed E-state index contributed by atoms with van der Waals surface area (Å²) in [6, 6.07) is 1.85. The lowest BCUT2D eigenvalue weighted by atomic mass is 10.1. The van der Waals surface area contributed by atoms with Gasteiger partial charge in [-0.25, -0.2) is 4.31 Å². The van der Waals surface area contributed by atoms with Crippen LogP contribution in [0.1, 0.15) is 16.1 Å². The maximum atomic E-state index is 11.4. The molecule has 1 aliphatic heterocycles. The first-order valence-electron chi connectivity index (χ1n) is 3.54. The fourth-order valence-corrected chi connectivity index (χ4v) is 2.50. The Bertz CT molecular complexity index is 312. The summed E-state index contributed by atoms with van der Waals surface area (Å²) in [7, 11) is 1.58. The van der Waals surface area contributed by atoms with Crippen LogP contribution in [0.15, 0.2) is 12.3 Å². The van der Waals surface area contributed by atoms with Crippen molar-refractivity contribution in [2.75, 3.05) is 6.54 Å². The Morgan fingerprint density at radius 1 is 1.58 bits per heavy atom. The highest BCUT2D eigenvalue weighted by Gasteiger charge is 2.23. The van der Waals surface area contributed by atoms with Crippen molar-refractivity contribution in [2.45, 2.75) is 6.54 Å². The summed E-state index contributed by atoms with van der Waals surface area (Å²) in [6.07, 6.45) is 1.82. The molecule has 0 atom stereocenters. The van der Waals surface area contributed by atoms with Crippen LogP contribution in [0, 0.1) is 0 Å². The summed E-state index contributed by atoms with van der Waals surface area (Å²) in [4.78, 5) is 14.5. The topological polar surface area (TPSA) is 36.1 Å². The van der Waals surface area contributed by atoms with Crippen molar-refractivity contribution in [1.29, 1.82) is 0 Å². The monoisotopic (exact) mass is 294 g/mol. The first kappa shape index (κ1) is 8.58. The highest BCUT2D eigenvalue weighted by atomic mass is 127. The van der Waals surface area contributed by atoms with Gasteiger partial charge in [0.05, 0.1) is 13.1 Å². The van der Waals surface area contributed by atoms with Gasteiger partial charge in [0, 0.05) is 38.7 Å². The third kappa shape index (κ3) is 1.40. The van der Waals surface area contributed by atoms with E-state index in [4.69, 9.17) is 0 Å². The molecule has 12 heavy (non-hydrogen) atoms. The second kappa shape index (κ2) is 3.39. The van der Waals surface area contributed by atoms with E-state index in [-0.39, 0.29) is 5.78 Å². The molecule has 0 aliphatic carbocycles. The standard InChI is InChI=1S/C7H7IN2OS/c8-12-10-3-6-5(1-2-9-6)7(11)4-10/h1-2,9H,3-4H2. The molecule has 1 aromatic heterocycles. The molecule has 0 fully saturated rings. The van der Waals surface area contributed by atoms with Gasteiger partial charge in [0.1, 0.15) is 0 Å². The van der Waals surface area contributed by atoms with Crippen LogP contribution in [0.2, 0.25) is 0 Å². The van der Waals surface area contributed by atoms with Crippen LogP contribution in [0.5, 0.6) is 0 Å². The average molecular weight is 294 g/mol. The highest BCUT2D eigenvalue weighted by molar-refractivity contribution is 14.2. The van der Waals surface area contributed by atoms with Gasteiger partial charge in [0.2, 0.25) is 0 Å². The number of halogens is 1. The van der Waals surface area contributed by atoms with Crippen molar-refractivity contribution in [3.63, 3.8) is 0 Å². The smallest absolute Gasteiger partial charge is 0.179 e. The number of fused-ring (bicyclic) bond motifs is 1. The number of aromatic amines is 1. The molecule has 0 radical (unpaired) electrons. The van der Waals surface area contributed by atoms with Gasteiger partial charge in [-0.15, -0.1) is 0 Å². The second-order valence-corrected chi connectivity index (χ2v) is 4.50. The van der Waals surface area contributed by atoms with E-state index in [1.54, 1.807) is 9.12 Å². The summed E-state index contributed by atoms with van der Waals surface area (Å²) in [6.45, 7) is 1.36. The summed E-state index contributed by atoms with van der Waals surface area (Å²) in [5, 5.41) is 0. The molecule has 0 spiro atoms. The van der Waals surface area contributed by atoms with Gasteiger partial charge < -0.3 is 4.98 Å². The van der Waals surface area contributed by atoms with Crippen molar-refractivity contribution in [3.05, 3.63) is 23.5 Å². The second-order valence-electron chi connectivity index (χ2n) is 2.66. The molecule has 5 heteroatoms. The molecule has 1 N–H and O–H groups in total. The normalized spacial score (nSPS) is 17.9. The minimum Gasteiger partial charge on any atom is -0.363 e. The zero-order valence-corrected chi connectivity index (χ0v) is 9.18. The molecule has 2 rings (SSSR count). The van der Waals surface area contributed by atoms with Crippen LogP contribution in [0.4, 0.5) is 0 Å². The van der Waals surface area contributed by atoms with E-state index < -0.39 is 0 Å². The molecule has 0 amide bonds. The van der Waals surface area contributed by atoms with E-state index >= 15 is 0 Å². The zero-order valence-electron chi connectivity index (χ0n) is 6.21. The first-order chi connectivity index (χ1) is 5.81. The number of nitrogens with zero attached hydrogens (tertiary/aromatic N) is 1. The van der Waals surface area contributed by atoms with Gasteiger partial charge in [-0.3, -0.25) is 4.79 Å². The van der Waals surface area contributed by atoms with Crippen molar-refractivity contribution in [3.8, 4) is 0 Å². The number of hydrogen-bond donors (Lipinski definition) is 1. The van der Waals surface area contributed by atoms with Crippen LogP contribution in [0.25, 0.3) is 0 Å². The number of ketones is 1. The number of carbonyl (C=O) groups is 1. The fraction of sp³-hybridized carbons (Fsp3) is 0.286. The summed E-state index contributed by atoms with van der Waals surface area (Å²) in [5.74, 6) is 0.210. The van der Waals surface area contributed by atoms with Crippen molar-refractivity contribution >= 4 is 36.1 Å². The maximum absolute atomic E-state index is 11.4. The molecule has 0 aromatic carbocycles. The largest absolute Gasteiger partial charge is 0.363 e. The highest BCUT2D eigenvalue weighted by Crippen LogP contribution is 2.26. The summed E-state index contributed by atoms with van der Waals surface area (Å²) >= 11 is 2.19. The Balaban J connectivity index is 2.32. The quantitative estimate of drug-likeness (QED) is 0.636. The molecule has 0 unspecified atom stereocenters. The molecule has 0 bridgehead atoms. The molecule has 2 heterocycles. The molecular formula is C7H7IN2OS. The van der Waals surface area contributed by atoms with E-state index in [1.165, 1.54) is 0 Å².